The number of carbonyl (C=O) groups excluding carboxylic acids is 1. The van der Waals surface area contributed by atoms with Crippen molar-refractivity contribution in [3.8, 4) is 28.1 Å². The quantitative estimate of drug-likeness (QED) is 0.376. The van der Waals surface area contributed by atoms with Crippen molar-refractivity contribution < 1.29 is 9.18 Å². The van der Waals surface area contributed by atoms with Crippen LogP contribution < -0.4 is 11.3 Å². The van der Waals surface area contributed by atoms with Crippen LogP contribution in [0.15, 0.2) is 84.4 Å². The summed E-state index contributed by atoms with van der Waals surface area (Å²) in [6, 6.07) is 15.0. The highest BCUT2D eigenvalue weighted by Gasteiger charge is 2.18. The lowest BCUT2D eigenvalue weighted by molar-refractivity contribution is 0.100. The van der Waals surface area contributed by atoms with Crippen molar-refractivity contribution in [1.82, 2.24) is 24.5 Å². The lowest BCUT2D eigenvalue weighted by Gasteiger charge is -2.15. The summed E-state index contributed by atoms with van der Waals surface area (Å²) in [6.07, 6.45) is 6.24. The number of halogens is 1. The van der Waals surface area contributed by atoms with Crippen molar-refractivity contribution in [2.24, 2.45) is 5.73 Å². The third kappa shape index (κ3) is 3.64. The number of aromatic nitrogens is 5. The number of hydrogen-bond acceptors (Lipinski definition) is 5. The maximum atomic E-state index is 13.9. The van der Waals surface area contributed by atoms with Crippen molar-refractivity contribution in [2.45, 2.75) is 6.92 Å². The fraction of sp³-hybridized carbons (Fsp3) is 0.0357. The SMILES string of the molecule is Cc1c(-c2ccc(C(N)=O)c3[nH]c(-c4cncnc4)cc23)cccc1-n1cnc2ccc(F)cc2c1=O. The minimum absolute atomic E-state index is 0.195. The van der Waals surface area contributed by atoms with E-state index in [1.807, 2.05) is 37.3 Å². The molecule has 180 valence electrons. The van der Waals surface area contributed by atoms with E-state index < -0.39 is 11.7 Å². The number of nitrogens with zero attached hydrogens (tertiary/aromatic N) is 4. The number of primary amides is 1. The Balaban J connectivity index is 1.58. The van der Waals surface area contributed by atoms with Gasteiger partial charge in [0.25, 0.3) is 11.5 Å². The summed E-state index contributed by atoms with van der Waals surface area (Å²) in [6.45, 7) is 1.90. The summed E-state index contributed by atoms with van der Waals surface area (Å²) in [7, 11) is 0. The zero-order valence-corrected chi connectivity index (χ0v) is 19.6. The van der Waals surface area contributed by atoms with Crippen molar-refractivity contribution in [3.05, 3.63) is 107 Å². The zero-order valence-electron chi connectivity index (χ0n) is 19.6. The van der Waals surface area contributed by atoms with E-state index in [0.29, 0.717) is 22.3 Å². The van der Waals surface area contributed by atoms with Crippen LogP contribution in [-0.2, 0) is 0 Å². The van der Waals surface area contributed by atoms with E-state index in [-0.39, 0.29) is 10.9 Å². The Morgan fingerprint density at radius 2 is 1.81 bits per heavy atom. The van der Waals surface area contributed by atoms with E-state index in [2.05, 4.69) is 19.9 Å². The summed E-state index contributed by atoms with van der Waals surface area (Å²) < 4.78 is 15.3. The second-order valence-electron chi connectivity index (χ2n) is 8.65. The maximum Gasteiger partial charge on any atom is 0.265 e. The number of benzene rings is 3. The third-order valence-electron chi connectivity index (χ3n) is 6.51. The van der Waals surface area contributed by atoms with Gasteiger partial charge in [0, 0.05) is 29.0 Å². The average Bonchev–Trinajstić information content (AvgIpc) is 3.35. The number of amides is 1. The molecule has 0 saturated carbocycles. The van der Waals surface area contributed by atoms with E-state index in [4.69, 9.17) is 5.73 Å². The first kappa shape index (κ1) is 22.3. The Morgan fingerprint density at radius 3 is 2.59 bits per heavy atom. The van der Waals surface area contributed by atoms with Crippen LogP contribution in [0.5, 0.6) is 0 Å². The molecular weight excluding hydrogens is 471 g/mol. The van der Waals surface area contributed by atoms with Crippen LogP contribution in [0.25, 0.3) is 49.9 Å². The van der Waals surface area contributed by atoms with Crippen LogP contribution in [0.2, 0.25) is 0 Å². The molecule has 0 aliphatic rings. The normalized spacial score (nSPS) is 11.3. The molecule has 37 heavy (non-hydrogen) atoms. The first-order valence-corrected chi connectivity index (χ1v) is 11.4. The predicted molar refractivity (Wildman–Crippen MR) is 139 cm³/mol. The average molecular weight is 490 g/mol. The van der Waals surface area contributed by atoms with Crippen LogP contribution in [0.1, 0.15) is 15.9 Å². The van der Waals surface area contributed by atoms with Gasteiger partial charge in [0.15, 0.2) is 0 Å². The Hall–Kier alpha value is -5.18. The molecule has 3 heterocycles. The van der Waals surface area contributed by atoms with E-state index in [1.54, 1.807) is 18.5 Å². The predicted octanol–water partition coefficient (Wildman–Crippen LogP) is 4.54. The van der Waals surface area contributed by atoms with Gasteiger partial charge < -0.3 is 10.7 Å². The molecule has 3 aromatic carbocycles. The van der Waals surface area contributed by atoms with E-state index >= 15 is 0 Å². The highest BCUT2D eigenvalue weighted by atomic mass is 19.1. The molecule has 6 aromatic rings. The Bertz CT molecular complexity index is 1910. The first-order chi connectivity index (χ1) is 17.9. The van der Waals surface area contributed by atoms with Gasteiger partial charge in [0.1, 0.15) is 18.5 Å². The summed E-state index contributed by atoms with van der Waals surface area (Å²) >= 11 is 0. The molecule has 0 aliphatic carbocycles. The molecule has 8 nitrogen and oxygen atoms in total. The van der Waals surface area contributed by atoms with Crippen molar-refractivity contribution in [2.75, 3.05) is 0 Å². The van der Waals surface area contributed by atoms with Crippen molar-refractivity contribution >= 4 is 27.7 Å². The van der Waals surface area contributed by atoms with Gasteiger partial charge in [-0.2, -0.15) is 0 Å². The van der Waals surface area contributed by atoms with Crippen LogP contribution in [-0.4, -0.2) is 30.4 Å². The van der Waals surface area contributed by atoms with Gasteiger partial charge >= 0.3 is 0 Å². The highest BCUT2D eigenvalue weighted by Crippen LogP contribution is 2.36. The van der Waals surface area contributed by atoms with Gasteiger partial charge in [-0.1, -0.05) is 18.2 Å². The molecule has 3 aromatic heterocycles. The fourth-order valence-electron chi connectivity index (χ4n) is 4.70. The number of rotatable bonds is 4. The van der Waals surface area contributed by atoms with Crippen LogP contribution in [0, 0.1) is 12.7 Å². The number of nitrogens with two attached hydrogens (primary N) is 1. The van der Waals surface area contributed by atoms with Gasteiger partial charge in [0.2, 0.25) is 0 Å². The molecule has 0 unspecified atom stereocenters. The molecule has 1 amide bonds. The van der Waals surface area contributed by atoms with Gasteiger partial charge in [-0.05, 0) is 60.0 Å². The number of carbonyl (C=O) groups is 1. The Morgan fingerprint density at radius 1 is 1.00 bits per heavy atom. The Kier molecular flexibility index (Phi) is 5.11. The standard InChI is InChI=1S/C28H19FN6O2/c1-15-18(3-2-4-25(15)35-14-33-23-8-5-17(29)9-22(23)28(35)37)19-6-7-20(27(30)36)26-21(19)10-24(34-26)16-11-31-13-32-12-16/h2-14,34H,1H3,(H2,30,36). The fourth-order valence-corrected chi connectivity index (χ4v) is 4.70. The topological polar surface area (TPSA) is 120 Å². The molecular formula is C28H19FN6O2. The number of fused-ring (bicyclic) bond motifs is 2. The summed E-state index contributed by atoms with van der Waals surface area (Å²) in [4.78, 5) is 41.2. The van der Waals surface area contributed by atoms with E-state index in [9.17, 15) is 14.0 Å². The van der Waals surface area contributed by atoms with E-state index in [1.165, 1.54) is 35.4 Å². The van der Waals surface area contributed by atoms with Crippen LogP contribution in [0.3, 0.4) is 0 Å². The molecule has 0 atom stereocenters. The monoisotopic (exact) mass is 490 g/mol. The van der Waals surface area contributed by atoms with Gasteiger partial charge in [-0.25, -0.2) is 19.3 Å². The molecule has 0 fully saturated rings. The van der Waals surface area contributed by atoms with Crippen molar-refractivity contribution in [1.29, 1.82) is 0 Å². The number of hydrogen-bond donors (Lipinski definition) is 2. The lowest BCUT2D eigenvalue weighted by Crippen LogP contribution is -2.20. The molecule has 6 rings (SSSR count). The number of H-pyrrole nitrogens is 1. The molecule has 0 radical (unpaired) electrons. The molecule has 0 aliphatic heterocycles. The zero-order chi connectivity index (χ0) is 25.7. The molecule has 0 bridgehead atoms. The second-order valence-corrected chi connectivity index (χ2v) is 8.65. The van der Waals surface area contributed by atoms with Crippen LogP contribution in [0.4, 0.5) is 4.39 Å². The lowest BCUT2D eigenvalue weighted by atomic mass is 9.94. The number of nitrogens with one attached hydrogen (secondary N) is 1. The van der Waals surface area contributed by atoms with Gasteiger partial charge in [-0.3, -0.25) is 14.2 Å². The molecule has 3 N–H and O–H groups in total. The van der Waals surface area contributed by atoms with Crippen molar-refractivity contribution in [3.63, 3.8) is 0 Å². The largest absolute Gasteiger partial charge is 0.366 e. The molecule has 0 spiro atoms. The highest BCUT2D eigenvalue weighted by molar-refractivity contribution is 6.10. The van der Waals surface area contributed by atoms with Gasteiger partial charge in [0.05, 0.1) is 27.7 Å². The van der Waals surface area contributed by atoms with Gasteiger partial charge in [-0.15, -0.1) is 0 Å². The maximum absolute atomic E-state index is 13.9. The summed E-state index contributed by atoms with van der Waals surface area (Å²) in [5.41, 5.74) is 11.3. The minimum atomic E-state index is -0.555. The minimum Gasteiger partial charge on any atom is -0.366 e. The summed E-state index contributed by atoms with van der Waals surface area (Å²) in [5.74, 6) is -1.06. The first-order valence-electron chi connectivity index (χ1n) is 11.4. The third-order valence-corrected chi connectivity index (χ3v) is 6.51. The Labute approximate surface area is 209 Å². The number of aromatic amines is 1. The summed E-state index contributed by atoms with van der Waals surface area (Å²) in [5, 5.41) is 0.974. The van der Waals surface area contributed by atoms with E-state index in [0.717, 1.165) is 33.3 Å². The smallest absolute Gasteiger partial charge is 0.265 e. The van der Waals surface area contributed by atoms with Crippen LogP contribution >= 0.6 is 0 Å². The molecule has 9 heteroatoms. The second kappa shape index (κ2) is 8.49. The molecule has 0 saturated heterocycles.